The van der Waals surface area contributed by atoms with Gasteiger partial charge in [-0.25, -0.2) is 0 Å². The molecular formula is C17H15NO4. The van der Waals surface area contributed by atoms with E-state index < -0.39 is 29.8 Å². The third-order valence-corrected chi connectivity index (χ3v) is 4.83. The van der Waals surface area contributed by atoms with E-state index in [4.69, 9.17) is 4.74 Å². The maximum atomic E-state index is 12.1. The van der Waals surface area contributed by atoms with Crippen molar-refractivity contribution in [1.82, 2.24) is 5.32 Å². The van der Waals surface area contributed by atoms with E-state index in [0.29, 0.717) is 6.42 Å². The number of allylic oxidation sites excluding steroid dienone is 1. The van der Waals surface area contributed by atoms with Crippen LogP contribution in [0.15, 0.2) is 30.3 Å². The quantitative estimate of drug-likeness (QED) is 0.626. The van der Waals surface area contributed by atoms with Gasteiger partial charge < -0.3 is 4.74 Å². The number of ketones is 1. The summed E-state index contributed by atoms with van der Waals surface area (Å²) in [5.74, 6) is -1.93. The molecule has 4 rings (SSSR count). The molecule has 2 aliphatic heterocycles. The van der Waals surface area contributed by atoms with Gasteiger partial charge >= 0.3 is 11.9 Å². The van der Waals surface area contributed by atoms with Crippen LogP contribution in [0.1, 0.15) is 30.5 Å². The van der Waals surface area contributed by atoms with Crippen molar-refractivity contribution in [2.45, 2.75) is 25.4 Å². The van der Waals surface area contributed by atoms with Gasteiger partial charge in [-0.2, -0.15) is 0 Å². The Morgan fingerprint density at radius 2 is 2.00 bits per heavy atom. The fourth-order valence-corrected chi connectivity index (χ4v) is 3.83. The average Bonchev–Trinajstić information content (AvgIpc) is 2.81. The second-order valence-electron chi connectivity index (χ2n) is 6.04. The van der Waals surface area contributed by atoms with Gasteiger partial charge in [0.05, 0.1) is 17.9 Å². The molecule has 112 valence electrons. The van der Waals surface area contributed by atoms with Crippen molar-refractivity contribution in [2.75, 3.05) is 0 Å². The first-order valence-electron chi connectivity index (χ1n) is 7.39. The van der Waals surface area contributed by atoms with Crippen molar-refractivity contribution >= 4 is 23.3 Å². The Morgan fingerprint density at radius 1 is 1.23 bits per heavy atom. The van der Waals surface area contributed by atoms with E-state index in [1.807, 2.05) is 30.3 Å². The zero-order valence-electron chi connectivity index (χ0n) is 12.0. The zero-order valence-corrected chi connectivity index (χ0v) is 12.0. The van der Waals surface area contributed by atoms with E-state index in [1.54, 1.807) is 0 Å². The van der Waals surface area contributed by atoms with E-state index in [2.05, 4.69) is 5.32 Å². The lowest BCUT2D eigenvalue weighted by Crippen LogP contribution is -2.50. The Labute approximate surface area is 127 Å². The van der Waals surface area contributed by atoms with Crippen LogP contribution in [0.4, 0.5) is 0 Å². The van der Waals surface area contributed by atoms with Gasteiger partial charge in [0.1, 0.15) is 0 Å². The van der Waals surface area contributed by atoms with Crippen LogP contribution in [0.3, 0.4) is 0 Å². The summed E-state index contributed by atoms with van der Waals surface area (Å²) in [4.78, 5) is 35.9. The smallest absolute Gasteiger partial charge is 0.319 e. The molecule has 2 heterocycles. The number of Topliss-reactive ketones (excluding diaryl/α,β-unsaturated/α-hetero) is 1. The molecule has 1 saturated heterocycles. The van der Waals surface area contributed by atoms with Gasteiger partial charge in [0.15, 0.2) is 5.78 Å². The van der Waals surface area contributed by atoms with Crippen LogP contribution >= 0.6 is 0 Å². The van der Waals surface area contributed by atoms with Gasteiger partial charge in [-0.3, -0.25) is 19.7 Å². The van der Waals surface area contributed by atoms with Crippen LogP contribution < -0.4 is 5.32 Å². The van der Waals surface area contributed by atoms with Gasteiger partial charge in [0.2, 0.25) is 0 Å². The standard InChI is InChI=1S/C17H15NO4/c1-8(19)14-10-5-3-2-4-9(10)11-6-7-12-13(15(11)18-14)17(21)22-16(12)20/h2-6,12-15,18H,7H2,1H3/t12-,13-,14?,15+/m1/s1. The predicted molar refractivity (Wildman–Crippen MR) is 77.5 cm³/mol. The Bertz CT molecular complexity index is 736. The lowest BCUT2D eigenvalue weighted by molar-refractivity contribution is -0.154. The normalized spacial score (nSPS) is 32.5. The number of nitrogens with one attached hydrogen (secondary N) is 1. The van der Waals surface area contributed by atoms with Crippen LogP contribution in [-0.4, -0.2) is 23.8 Å². The van der Waals surface area contributed by atoms with Gasteiger partial charge in [-0.15, -0.1) is 0 Å². The Balaban J connectivity index is 1.86. The van der Waals surface area contributed by atoms with E-state index in [0.717, 1.165) is 16.7 Å². The van der Waals surface area contributed by atoms with Crippen LogP contribution in [0.25, 0.3) is 5.57 Å². The molecule has 0 amide bonds. The first kappa shape index (κ1) is 13.4. The number of ether oxygens (including phenoxy) is 1. The number of cyclic esters (lactones) is 2. The molecule has 1 aromatic rings. The summed E-state index contributed by atoms with van der Waals surface area (Å²) in [6, 6.07) is 6.91. The molecule has 0 bridgehead atoms. The Hall–Kier alpha value is -2.27. The SMILES string of the molecule is CC(=O)C1N[C@H]2C(=CC[C@H]3C(=O)OC(=O)[C@H]32)c2ccccc21. The molecule has 1 fully saturated rings. The number of hydrogen-bond donors (Lipinski definition) is 1. The molecule has 1 aliphatic carbocycles. The second kappa shape index (κ2) is 4.61. The third kappa shape index (κ3) is 1.72. The fraction of sp³-hybridized carbons (Fsp3) is 0.353. The molecule has 1 aromatic carbocycles. The van der Waals surface area contributed by atoms with Crippen molar-refractivity contribution in [3.8, 4) is 0 Å². The number of fused-ring (bicyclic) bond motifs is 5. The highest BCUT2D eigenvalue weighted by Gasteiger charge is 2.53. The first-order valence-corrected chi connectivity index (χ1v) is 7.39. The first-order chi connectivity index (χ1) is 10.6. The molecule has 3 aliphatic rings. The number of esters is 2. The molecule has 0 spiro atoms. The molecule has 0 aromatic heterocycles. The lowest BCUT2D eigenvalue weighted by atomic mass is 9.71. The monoisotopic (exact) mass is 297 g/mol. The van der Waals surface area contributed by atoms with Crippen LogP contribution in [0, 0.1) is 11.8 Å². The Morgan fingerprint density at radius 3 is 2.77 bits per heavy atom. The lowest BCUT2D eigenvalue weighted by Gasteiger charge is -2.39. The summed E-state index contributed by atoms with van der Waals surface area (Å²) in [5.41, 5.74) is 2.90. The molecule has 4 atom stereocenters. The second-order valence-corrected chi connectivity index (χ2v) is 6.04. The minimum atomic E-state index is -0.539. The van der Waals surface area contributed by atoms with Gasteiger partial charge in [0, 0.05) is 6.04 Å². The number of carbonyl (C=O) groups is 3. The maximum Gasteiger partial charge on any atom is 0.319 e. The van der Waals surface area contributed by atoms with Crippen molar-refractivity contribution in [3.63, 3.8) is 0 Å². The highest BCUT2D eigenvalue weighted by atomic mass is 16.6. The summed E-state index contributed by atoms with van der Waals surface area (Å²) >= 11 is 0. The molecule has 1 N–H and O–H groups in total. The predicted octanol–water partition coefficient (Wildman–Crippen LogP) is 1.39. The average molecular weight is 297 g/mol. The van der Waals surface area contributed by atoms with E-state index in [1.165, 1.54) is 6.92 Å². The van der Waals surface area contributed by atoms with Crippen LogP contribution in [-0.2, 0) is 19.1 Å². The molecule has 0 radical (unpaired) electrons. The number of hydrogen-bond acceptors (Lipinski definition) is 5. The van der Waals surface area contributed by atoms with Gasteiger partial charge in [-0.1, -0.05) is 30.3 Å². The maximum absolute atomic E-state index is 12.1. The van der Waals surface area contributed by atoms with E-state index >= 15 is 0 Å². The Kier molecular flexibility index (Phi) is 2.81. The number of carbonyl (C=O) groups excluding carboxylic acids is 3. The summed E-state index contributed by atoms with van der Waals surface area (Å²) in [6.45, 7) is 1.53. The zero-order chi connectivity index (χ0) is 15.4. The van der Waals surface area contributed by atoms with Gasteiger partial charge in [-0.05, 0) is 30.0 Å². The van der Waals surface area contributed by atoms with Gasteiger partial charge in [0.25, 0.3) is 0 Å². The largest absolute Gasteiger partial charge is 0.393 e. The number of benzene rings is 1. The molecule has 5 heteroatoms. The fourth-order valence-electron chi connectivity index (χ4n) is 3.83. The van der Waals surface area contributed by atoms with Crippen LogP contribution in [0.5, 0.6) is 0 Å². The minimum Gasteiger partial charge on any atom is -0.393 e. The highest BCUT2D eigenvalue weighted by molar-refractivity contribution is 6.00. The summed E-state index contributed by atoms with van der Waals surface area (Å²) in [5, 5.41) is 3.26. The molecule has 22 heavy (non-hydrogen) atoms. The highest BCUT2D eigenvalue weighted by Crippen LogP contribution is 2.45. The number of rotatable bonds is 1. The minimum absolute atomic E-state index is 0.00804. The van der Waals surface area contributed by atoms with Crippen molar-refractivity contribution in [3.05, 3.63) is 41.5 Å². The topological polar surface area (TPSA) is 72.5 Å². The van der Waals surface area contributed by atoms with E-state index in [-0.39, 0.29) is 11.8 Å². The summed E-state index contributed by atoms with van der Waals surface area (Å²) < 4.78 is 4.80. The molecule has 0 saturated carbocycles. The molecule has 1 unspecified atom stereocenters. The van der Waals surface area contributed by atoms with Crippen LogP contribution in [0.2, 0.25) is 0 Å². The van der Waals surface area contributed by atoms with Crippen molar-refractivity contribution in [2.24, 2.45) is 11.8 Å². The molecule has 5 nitrogen and oxygen atoms in total. The third-order valence-electron chi connectivity index (χ3n) is 4.83. The van der Waals surface area contributed by atoms with E-state index in [9.17, 15) is 14.4 Å². The molecular weight excluding hydrogens is 282 g/mol. The van der Waals surface area contributed by atoms with Crippen molar-refractivity contribution < 1.29 is 19.1 Å². The summed E-state index contributed by atoms with van der Waals surface area (Å²) in [6.07, 6.45) is 2.50. The summed E-state index contributed by atoms with van der Waals surface area (Å²) in [7, 11) is 0. The van der Waals surface area contributed by atoms with Crippen molar-refractivity contribution in [1.29, 1.82) is 0 Å².